The van der Waals surface area contributed by atoms with Gasteiger partial charge in [0.2, 0.25) is 0 Å². The van der Waals surface area contributed by atoms with E-state index in [1.807, 2.05) is 20.8 Å². The van der Waals surface area contributed by atoms with Gasteiger partial charge >= 0.3 is 5.97 Å². The molecule has 0 amide bonds. The maximum atomic E-state index is 11.4. The highest BCUT2D eigenvalue weighted by Crippen LogP contribution is 2.35. The zero-order valence-corrected chi connectivity index (χ0v) is 9.34. The summed E-state index contributed by atoms with van der Waals surface area (Å²) >= 11 is 0. The van der Waals surface area contributed by atoms with Crippen LogP contribution in [0.2, 0.25) is 0 Å². The predicted molar refractivity (Wildman–Crippen MR) is 51.3 cm³/mol. The number of ether oxygens (including phenoxy) is 1. The first-order chi connectivity index (χ1) is 5.60. The lowest BCUT2D eigenvalue weighted by Gasteiger charge is -2.36. The Morgan fingerprint density at radius 1 is 1.23 bits per heavy atom. The molecule has 0 bridgehead atoms. The molecule has 13 heavy (non-hydrogen) atoms. The molecule has 0 saturated heterocycles. The van der Waals surface area contributed by atoms with Crippen molar-refractivity contribution >= 4 is 5.97 Å². The fourth-order valence-electron chi connectivity index (χ4n) is 1.82. The largest absolute Gasteiger partial charge is 0.469 e. The molecule has 3 heteroatoms. The number of esters is 1. The van der Waals surface area contributed by atoms with E-state index in [0.717, 1.165) is 0 Å². The lowest BCUT2D eigenvalue weighted by molar-refractivity contribution is -0.161. The van der Waals surface area contributed by atoms with Gasteiger partial charge in [0.1, 0.15) is 0 Å². The summed E-state index contributed by atoms with van der Waals surface area (Å²) in [6, 6.07) is 0. The van der Waals surface area contributed by atoms with E-state index in [2.05, 4.69) is 4.74 Å². The van der Waals surface area contributed by atoms with Crippen LogP contribution in [0.15, 0.2) is 0 Å². The minimum atomic E-state index is -1.05. The highest BCUT2D eigenvalue weighted by atomic mass is 16.5. The molecule has 78 valence electrons. The van der Waals surface area contributed by atoms with Crippen LogP contribution >= 0.6 is 0 Å². The van der Waals surface area contributed by atoms with E-state index in [-0.39, 0.29) is 11.4 Å². The second-order valence-corrected chi connectivity index (χ2v) is 4.98. The monoisotopic (exact) mass is 188 g/mol. The summed E-state index contributed by atoms with van der Waals surface area (Å²) in [7, 11) is 1.34. The van der Waals surface area contributed by atoms with Crippen LogP contribution in [-0.4, -0.2) is 23.8 Å². The van der Waals surface area contributed by atoms with E-state index in [1.165, 1.54) is 7.11 Å². The second kappa shape index (κ2) is 3.66. The Bertz CT molecular complexity index is 169. The van der Waals surface area contributed by atoms with Gasteiger partial charge in [-0.15, -0.1) is 0 Å². The van der Waals surface area contributed by atoms with Gasteiger partial charge in [0.15, 0.2) is 0 Å². The average Bonchev–Trinajstić information content (AvgIpc) is 1.80. The van der Waals surface area contributed by atoms with E-state index in [4.69, 9.17) is 0 Å². The zero-order chi connectivity index (χ0) is 10.9. The van der Waals surface area contributed by atoms with E-state index < -0.39 is 11.5 Å². The van der Waals surface area contributed by atoms with Crippen molar-refractivity contribution in [2.75, 3.05) is 7.11 Å². The number of hydrogen-bond donors (Lipinski definition) is 1. The Labute approximate surface area is 80.1 Å². The number of hydrogen-bond acceptors (Lipinski definition) is 3. The fourth-order valence-corrected chi connectivity index (χ4v) is 1.82. The van der Waals surface area contributed by atoms with Gasteiger partial charge < -0.3 is 9.84 Å². The number of aliphatic hydroxyl groups is 1. The summed E-state index contributed by atoms with van der Waals surface area (Å²) in [5.74, 6) is -0.870. The molecule has 1 atom stereocenters. The Kier molecular flexibility index (Phi) is 3.50. The number of rotatable bonds is 2. The molecule has 3 nitrogen and oxygen atoms in total. The van der Waals surface area contributed by atoms with E-state index in [1.54, 1.807) is 13.8 Å². The van der Waals surface area contributed by atoms with Gasteiger partial charge in [-0.3, -0.25) is 4.79 Å². The molecule has 0 radical (unpaired) electrons. The van der Waals surface area contributed by atoms with Crippen molar-refractivity contribution in [2.45, 2.75) is 40.2 Å². The summed E-state index contributed by atoms with van der Waals surface area (Å²) in [5.41, 5.74) is -1.35. The van der Waals surface area contributed by atoms with Gasteiger partial charge in [-0.1, -0.05) is 20.8 Å². The molecule has 0 spiro atoms. The molecule has 0 aliphatic carbocycles. The summed E-state index contributed by atoms with van der Waals surface area (Å²) in [5, 5.41) is 9.81. The van der Waals surface area contributed by atoms with Crippen molar-refractivity contribution in [3.63, 3.8) is 0 Å². The third-order valence-corrected chi connectivity index (χ3v) is 2.01. The molecule has 0 heterocycles. The first kappa shape index (κ1) is 12.4. The van der Waals surface area contributed by atoms with Gasteiger partial charge in [-0.2, -0.15) is 0 Å². The molecule has 0 aromatic carbocycles. The molecule has 0 rings (SSSR count). The van der Waals surface area contributed by atoms with E-state index >= 15 is 0 Å². The maximum Gasteiger partial charge on any atom is 0.312 e. The lowest BCUT2D eigenvalue weighted by Crippen LogP contribution is -2.45. The average molecular weight is 188 g/mol. The van der Waals surface area contributed by atoms with Gasteiger partial charge in [0.05, 0.1) is 18.6 Å². The third kappa shape index (κ3) is 3.35. The minimum Gasteiger partial charge on any atom is -0.469 e. The Balaban J connectivity index is 4.89. The van der Waals surface area contributed by atoms with Crippen LogP contribution in [0.5, 0.6) is 0 Å². The molecule has 0 aliphatic rings. The summed E-state index contributed by atoms with van der Waals surface area (Å²) < 4.78 is 4.67. The van der Waals surface area contributed by atoms with Crippen molar-refractivity contribution in [3.05, 3.63) is 0 Å². The highest BCUT2D eigenvalue weighted by molar-refractivity contribution is 5.74. The van der Waals surface area contributed by atoms with Crippen molar-refractivity contribution in [1.29, 1.82) is 0 Å². The van der Waals surface area contributed by atoms with Crippen LogP contribution in [0, 0.1) is 11.3 Å². The summed E-state index contributed by atoms with van der Waals surface area (Å²) in [6.07, 6.45) is 0. The molecule has 0 saturated carbocycles. The third-order valence-electron chi connectivity index (χ3n) is 2.01. The van der Waals surface area contributed by atoms with Gasteiger partial charge in [-0.05, 0) is 19.3 Å². The van der Waals surface area contributed by atoms with Crippen LogP contribution in [0.4, 0.5) is 0 Å². The highest BCUT2D eigenvalue weighted by Gasteiger charge is 2.42. The molecule has 1 unspecified atom stereocenters. The number of carbonyl (C=O) groups is 1. The quantitative estimate of drug-likeness (QED) is 0.669. The van der Waals surface area contributed by atoms with Gasteiger partial charge in [-0.25, -0.2) is 0 Å². The van der Waals surface area contributed by atoms with Gasteiger partial charge in [0.25, 0.3) is 0 Å². The first-order valence-corrected chi connectivity index (χ1v) is 4.41. The molecule has 1 N–H and O–H groups in total. The van der Waals surface area contributed by atoms with Crippen LogP contribution in [0.1, 0.15) is 34.6 Å². The van der Waals surface area contributed by atoms with E-state index in [9.17, 15) is 9.90 Å². The SMILES string of the molecule is COC(=O)C(C(C)(C)C)C(C)(C)O. The van der Waals surface area contributed by atoms with Gasteiger partial charge in [0, 0.05) is 0 Å². The maximum absolute atomic E-state index is 11.4. The normalized spacial score (nSPS) is 15.3. The first-order valence-electron chi connectivity index (χ1n) is 4.41. The fraction of sp³-hybridized carbons (Fsp3) is 0.900. The number of methoxy groups -OCH3 is 1. The van der Waals surface area contributed by atoms with E-state index in [0.29, 0.717) is 0 Å². The Hall–Kier alpha value is -0.570. The van der Waals surface area contributed by atoms with Crippen LogP contribution in [0.3, 0.4) is 0 Å². The van der Waals surface area contributed by atoms with Crippen LogP contribution < -0.4 is 0 Å². The molecular formula is C10H20O3. The molecule has 0 aliphatic heterocycles. The lowest BCUT2D eigenvalue weighted by atomic mass is 9.72. The van der Waals surface area contributed by atoms with Crippen molar-refractivity contribution < 1.29 is 14.6 Å². The summed E-state index contributed by atoms with van der Waals surface area (Å²) in [4.78, 5) is 11.4. The minimum absolute atomic E-state index is 0.300. The summed E-state index contributed by atoms with van der Waals surface area (Å²) in [6.45, 7) is 8.98. The van der Waals surface area contributed by atoms with Crippen molar-refractivity contribution in [2.24, 2.45) is 11.3 Å². The Morgan fingerprint density at radius 2 is 1.62 bits per heavy atom. The number of carbonyl (C=O) groups excluding carboxylic acids is 1. The van der Waals surface area contributed by atoms with Crippen molar-refractivity contribution in [3.8, 4) is 0 Å². The molecular weight excluding hydrogens is 168 g/mol. The second-order valence-electron chi connectivity index (χ2n) is 4.98. The zero-order valence-electron chi connectivity index (χ0n) is 9.34. The smallest absolute Gasteiger partial charge is 0.312 e. The van der Waals surface area contributed by atoms with Crippen LogP contribution in [-0.2, 0) is 9.53 Å². The van der Waals surface area contributed by atoms with Crippen LogP contribution in [0.25, 0.3) is 0 Å². The topological polar surface area (TPSA) is 46.5 Å². The van der Waals surface area contributed by atoms with Crippen molar-refractivity contribution in [1.82, 2.24) is 0 Å². The predicted octanol–water partition coefficient (Wildman–Crippen LogP) is 1.59. The Morgan fingerprint density at radius 3 is 1.69 bits per heavy atom. The standard InChI is InChI=1S/C10H20O3/c1-9(2,3)7(8(11)13-6)10(4,5)12/h7,12H,1-6H3. The molecule has 0 aromatic rings. The molecule has 0 fully saturated rings. The molecule has 0 aromatic heterocycles.